The molecule has 0 rings (SSSR count). The molecule has 1 nitrogen and oxygen atoms in total. The third-order valence-electron chi connectivity index (χ3n) is 2.66. The van der Waals surface area contributed by atoms with Gasteiger partial charge in [0, 0.05) is 5.33 Å². The predicted octanol–water partition coefficient (Wildman–Crippen LogP) is 4.44. The number of rotatable bonds is 11. The highest BCUT2D eigenvalue weighted by Crippen LogP contribution is 2.11. The molecule has 2 heteroatoms. The van der Waals surface area contributed by atoms with Crippen LogP contribution in [0.15, 0.2) is 12.7 Å². The van der Waals surface area contributed by atoms with Crippen molar-refractivity contribution in [1.29, 1.82) is 0 Å². The number of unbranched alkanes of at least 4 members (excludes halogenated alkanes) is 7. The van der Waals surface area contributed by atoms with Gasteiger partial charge in [0.2, 0.25) is 0 Å². The summed E-state index contributed by atoms with van der Waals surface area (Å²) in [5, 5.41) is 10.4. The quantitative estimate of drug-likeness (QED) is 0.336. The van der Waals surface area contributed by atoms with Crippen LogP contribution in [0.5, 0.6) is 0 Å². The summed E-state index contributed by atoms with van der Waals surface area (Å²) in [4.78, 5) is 0. The number of alkyl halides is 1. The molecule has 0 aromatic carbocycles. The Morgan fingerprint density at radius 2 is 1.40 bits per heavy atom. The molecule has 0 aromatic rings. The van der Waals surface area contributed by atoms with Gasteiger partial charge in [-0.3, -0.25) is 0 Å². The van der Waals surface area contributed by atoms with Crippen molar-refractivity contribution in [3.63, 3.8) is 0 Å². The SMILES string of the molecule is C=CC(O)CCCCCCCCCCBr. The molecule has 0 aliphatic heterocycles. The van der Waals surface area contributed by atoms with E-state index in [9.17, 15) is 5.11 Å². The van der Waals surface area contributed by atoms with Crippen LogP contribution in [0.1, 0.15) is 57.8 Å². The molecule has 90 valence electrons. The molecule has 1 unspecified atom stereocenters. The first-order chi connectivity index (χ1) is 7.31. The topological polar surface area (TPSA) is 20.2 Å². The largest absolute Gasteiger partial charge is 0.389 e. The molecule has 0 aromatic heterocycles. The van der Waals surface area contributed by atoms with Gasteiger partial charge in [0.15, 0.2) is 0 Å². The molecule has 1 N–H and O–H groups in total. The number of halogens is 1. The second-order valence-electron chi connectivity index (χ2n) is 4.11. The van der Waals surface area contributed by atoms with E-state index in [2.05, 4.69) is 22.5 Å². The Morgan fingerprint density at radius 3 is 1.87 bits per heavy atom. The normalized spacial score (nSPS) is 12.7. The fraction of sp³-hybridized carbons (Fsp3) is 0.846. The smallest absolute Gasteiger partial charge is 0.0718 e. The average Bonchev–Trinajstić information content (AvgIpc) is 2.26. The van der Waals surface area contributed by atoms with Crippen LogP contribution in [-0.2, 0) is 0 Å². The molecule has 0 fully saturated rings. The van der Waals surface area contributed by atoms with Gasteiger partial charge in [-0.15, -0.1) is 6.58 Å². The summed E-state index contributed by atoms with van der Waals surface area (Å²) in [6.07, 6.45) is 12.7. The molecular formula is C13H25BrO. The Balaban J connectivity index is 2.95. The van der Waals surface area contributed by atoms with Crippen molar-refractivity contribution < 1.29 is 5.11 Å². The van der Waals surface area contributed by atoms with Crippen molar-refractivity contribution in [2.75, 3.05) is 5.33 Å². The maximum absolute atomic E-state index is 9.24. The summed E-state index contributed by atoms with van der Waals surface area (Å²) in [6.45, 7) is 3.56. The van der Waals surface area contributed by atoms with Crippen LogP contribution in [0.25, 0.3) is 0 Å². The minimum absolute atomic E-state index is 0.288. The zero-order valence-corrected chi connectivity index (χ0v) is 11.3. The molecule has 0 heterocycles. The first-order valence-electron chi connectivity index (χ1n) is 6.18. The number of hydrogen-bond acceptors (Lipinski definition) is 1. The lowest BCUT2D eigenvalue weighted by Crippen LogP contribution is -2.00. The summed E-state index contributed by atoms with van der Waals surface area (Å²) in [5.41, 5.74) is 0. The van der Waals surface area contributed by atoms with Crippen molar-refractivity contribution >= 4 is 15.9 Å². The Bertz CT molecular complexity index is 136. The number of hydrogen-bond donors (Lipinski definition) is 1. The van der Waals surface area contributed by atoms with Gasteiger partial charge in [0.25, 0.3) is 0 Å². The maximum atomic E-state index is 9.24. The predicted molar refractivity (Wildman–Crippen MR) is 71.6 cm³/mol. The second kappa shape index (κ2) is 12.3. The van der Waals surface area contributed by atoms with Gasteiger partial charge in [0.05, 0.1) is 6.10 Å². The van der Waals surface area contributed by atoms with Crippen LogP contribution in [0.4, 0.5) is 0 Å². The Labute approximate surface area is 103 Å². The van der Waals surface area contributed by atoms with Gasteiger partial charge in [0.1, 0.15) is 0 Å². The first-order valence-corrected chi connectivity index (χ1v) is 7.30. The Morgan fingerprint density at radius 1 is 0.933 bits per heavy atom. The molecule has 0 radical (unpaired) electrons. The Kier molecular flexibility index (Phi) is 12.4. The van der Waals surface area contributed by atoms with E-state index in [1.165, 1.54) is 44.9 Å². The molecule has 15 heavy (non-hydrogen) atoms. The summed E-state index contributed by atoms with van der Waals surface area (Å²) >= 11 is 3.44. The molecule has 0 spiro atoms. The zero-order valence-electron chi connectivity index (χ0n) is 9.76. The van der Waals surface area contributed by atoms with Crippen molar-refractivity contribution in [2.45, 2.75) is 63.9 Å². The second-order valence-corrected chi connectivity index (χ2v) is 4.90. The van der Waals surface area contributed by atoms with Crippen molar-refractivity contribution in [3.05, 3.63) is 12.7 Å². The highest BCUT2D eigenvalue weighted by Gasteiger charge is 1.97. The van der Waals surface area contributed by atoms with E-state index in [4.69, 9.17) is 0 Å². The van der Waals surface area contributed by atoms with Crippen molar-refractivity contribution in [3.8, 4) is 0 Å². The van der Waals surface area contributed by atoms with Gasteiger partial charge in [-0.2, -0.15) is 0 Å². The van der Waals surface area contributed by atoms with E-state index in [0.717, 1.165) is 18.2 Å². The van der Waals surface area contributed by atoms with Crippen LogP contribution in [0.3, 0.4) is 0 Å². The molecule has 0 aliphatic rings. The lowest BCUT2D eigenvalue weighted by Gasteiger charge is -2.04. The third kappa shape index (κ3) is 12.1. The lowest BCUT2D eigenvalue weighted by atomic mass is 10.1. The maximum Gasteiger partial charge on any atom is 0.0718 e. The summed E-state index contributed by atoms with van der Waals surface area (Å²) < 4.78 is 0. The number of aliphatic hydroxyl groups excluding tert-OH is 1. The van der Waals surface area contributed by atoms with Gasteiger partial charge >= 0.3 is 0 Å². The third-order valence-corrected chi connectivity index (χ3v) is 3.22. The van der Waals surface area contributed by atoms with Crippen LogP contribution in [-0.4, -0.2) is 16.5 Å². The molecule has 1 atom stereocenters. The van der Waals surface area contributed by atoms with E-state index >= 15 is 0 Å². The summed E-state index contributed by atoms with van der Waals surface area (Å²) in [5.74, 6) is 0. The zero-order chi connectivity index (χ0) is 11.4. The molecule has 0 amide bonds. The fourth-order valence-electron chi connectivity index (χ4n) is 1.63. The minimum Gasteiger partial charge on any atom is -0.389 e. The van der Waals surface area contributed by atoms with Gasteiger partial charge in [-0.25, -0.2) is 0 Å². The van der Waals surface area contributed by atoms with Gasteiger partial charge in [-0.1, -0.05) is 67.0 Å². The van der Waals surface area contributed by atoms with E-state index in [1.807, 2.05) is 0 Å². The Hall–Kier alpha value is 0.180. The minimum atomic E-state index is -0.288. The first kappa shape index (κ1) is 15.2. The molecule has 0 bridgehead atoms. The monoisotopic (exact) mass is 276 g/mol. The van der Waals surface area contributed by atoms with Crippen LogP contribution in [0.2, 0.25) is 0 Å². The van der Waals surface area contributed by atoms with E-state index < -0.39 is 0 Å². The van der Waals surface area contributed by atoms with Crippen LogP contribution >= 0.6 is 15.9 Å². The summed E-state index contributed by atoms with van der Waals surface area (Å²) in [7, 11) is 0. The summed E-state index contributed by atoms with van der Waals surface area (Å²) in [6, 6.07) is 0. The van der Waals surface area contributed by atoms with Crippen molar-refractivity contribution in [1.82, 2.24) is 0 Å². The fourth-order valence-corrected chi connectivity index (χ4v) is 2.02. The van der Waals surface area contributed by atoms with Crippen LogP contribution in [0, 0.1) is 0 Å². The van der Waals surface area contributed by atoms with Gasteiger partial charge < -0.3 is 5.11 Å². The van der Waals surface area contributed by atoms with Gasteiger partial charge in [-0.05, 0) is 12.8 Å². The highest BCUT2D eigenvalue weighted by molar-refractivity contribution is 9.09. The van der Waals surface area contributed by atoms with Crippen molar-refractivity contribution in [2.24, 2.45) is 0 Å². The molecule has 0 saturated carbocycles. The average molecular weight is 277 g/mol. The number of aliphatic hydroxyl groups is 1. The standard InChI is InChI=1S/C13H25BrO/c1-2-13(15)11-9-7-5-3-4-6-8-10-12-14/h2,13,15H,1,3-12H2. The highest BCUT2D eigenvalue weighted by atomic mass is 79.9. The lowest BCUT2D eigenvalue weighted by molar-refractivity contribution is 0.208. The molecular weight excluding hydrogens is 252 g/mol. The van der Waals surface area contributed by atoms with E-state index in [0.29, 0.717) is 0 Å². The van der Waals surface area contributed by atoms with E-state index in [1.54, 1.807) is 6.08 Å². The van der Waals surface area contributed by atoms with E-state index in [-0.39, 0.29) is 6.10 Å². The molecule has 0 aliphatic carbocycles. The van der Waals surface area contributed by atoms with Crippen LogP contribution < -0.4 is 0 Å². The molecule has 0 saturated heterocycles.